The van der Waals surface area contributed by atoms with Gasteiger partial charge in [0.2, 0.25) is 0 Å². The lowest BCUT2D eigenvalue weighted by molar-refractivity contribution is 0.0942. The molecule has 0 fully saturated rings. The van der Waals surface area contributed by atoms with Crippen LogP contribution in [0.2, 0.25) is 0 Å². The lowest BCUT2D eigenvalue weighted by Crippen LogP contribution is -2.25. The molecule has 0 spiro atoms. The van der Waals surface area contributed by atoms with Crippen molar-refractivity contribution in [1.29, 1.82) is 0 Å². The number of nitrogens with zero attached hydrogens (tertiary/aromatic N) is 3. The number of halogens is 1. The Morgan fingerprint density at radius 3 is 2.50 bits per heavy atom. The highest BCUT2D eigenvalue weighted by Crippen LogP contribution is 2.24. The van der Waals surface area contributed by atoms with Crippen molar-refractivity contribution in [2.45, 2.75) is 20.4 Å². The Morgan fingerprint density at radius 1 is 1.00 bits per heavy atom. The van der Waals surface area contributed by atoms with Crippen molar-refractivity contribution in [1.82, 2.24) is 20.1 Å². The van der Waals surface area contributed by atoms with E-state index in [0.717, 1.165) is 16.8 Å². The van der Waals surface area contributed by atoms with Gasteiger partial charge in [0.15, 0.2) is 0 Å². The van der Waals surface area contributed by atoms with E-state index < -0.39 is 0 Å². The van der Waals surface area contributed by atoms with Crippen LogP contribution < -0.4 is 5.32 Å². The zero-order valence-electron chi connectivity index (χ0n) is 16.8. The Labute approximate surface area is 174 Å². The average Bonchev–Trinajstić information content (AvgIpc) is 3.21. The standard InChI is InChI=1S/C24H21FN4O/c1-16-6-7-18(13-17(16)2)22-14-23(24(30)27-15-20-5-3-4-12-26-20)29(28-22)21-10-8-19(25)9-11-21/h3-14H,15H2,1-2H3,(H,27,30). The Hall–Kier alpha value is -3.80. The highest BCUT2D eigenvalue weighted by molar-refractivity contribution is 5.94. The molecule has 1 amide bonds. The predicted octanol–water partition coefficient (Wildman–Crippen LogP) is 4.62. The zero-order chi connectivity index (χ0) is 21.1. The van der Waals surface area contributed by atoms with Crippen LogP contribution in [0, 0.1) is 19.7 Å². The molecule has 6 heteroatoms. The minimum Gasteiger partial charge on any atom is -0.345 e. The van der Waals surface area contributed by atoms with Gasteiger partial charge in [-0.15, -0.1) is 0 Å². The number of carbonyl (C=O) groups is 1. The van der Waals surface area contributed by atoms with Crippen LogP contribution in [0.3, 0.4) is 0 Å². The molecule has 4 rings (SSSR count). The van der Waals surface area contributed by atoms with Gasteiger partial charge in [0.25, 0.3) is 5.91 Å². The molecule has 0 bridgehead atoms. The van der Waals surface area contributed by atoms with Gasteiger partial charge in [0.1, 0.15) is 11.5 Å². The van der Waals surface area contributed by atoms with Gasteiger partial charge in [-0.1, -0.05) is 18.2 Å². The molecular formula is C24H21FN4O. The molecule has 4 aromatic rings. The van der Waals surface area contributed by atoms with Crippen molar-refractivity contribution in [3.05, 3.63) is 101 Å². The molecule has 5 nitrogen and oxygen atoms in total. The molecule has 2 aromatic heterocycles. The second kappa shape index (κ2) is 8.29. The fourth-order valence-electron chi connectivity index (χ4n) is 3.13. The molecule has 0 radical (unpaired) electrons. The summed E-state index contributed by atoms with van der Waals surface area (Å²) >= 11 is 0. The summed E-state index contributed by atoms with van der Waals surface area (Å²) < 4.78 is 14.9. The third-order valence-corrected chi connectivity index (χ3v) is 4.97. The van der Waals surface area contributed by atoms with E-state index in [1.165, 1.54) is 22.4 Å². The van der Waals surface area contributed by atoms with Crippen LogP contribution in [0.5, 0.6) is 0 Å². The van der Waals surface area contributed by atoms with E-state index in [0.29, 0.717) is 23.6 Å². The minimum absolute atomic E-state index is 0.285. The van der Waals surface area contributed by atoms with Crippen LogP contribution in [0.1, 0.15) is 27.3 Å². The minimum atomic E-state index is -0.346. The smallest absolute Gasteiger partial charge is 0.270 e. The van der Waals surface area contributed by atoms with Gasteiger partial charge >= 0.3 is 0 Å². The van der Waals surface area contributed by atoms with Crippen LogP contribution in [-0.4, -0.2) is 20.7 Å². The van der Waals surface area contributed by atoms with E-state index in [9.17, 15) is 9.18 Å². The van der Waals surface area contributed by atoms with Crippen molar-refractivity contribution in [3.8, 4) is 16.9 Å². The van der Waals surface area contributed by atoms with Crippen LogP contribution in [0.25, 0.3) is 16.9 Å². The topological polar surface area (TPSA) is 59.8 Å². The van der Waals surface area contributed by atoms with Gasteiger partial charge in [-0.2, -0.15) is 5.10 Å². The molecule has 0 aliphatic heterocycles. The van der Waals surface area contributed by atoms with Crippen molar-refractivity contribution >= 4 is 5.91 Å². The predicted molar refractivity (Wildman–Crippen MR) is 114 cm³/mol. The van der Waals surface area contributed by atoms with Crippen LogP contribution in [-0.2, 0) is 6.54 Å². The van der Waals surface area contributed by atoms with Crippen molar-refractivity contribution in [3.63, 3.8) is 0 Å². The van der Waals surface area contributed by atoms with E-state index in [1.807, 2.05) is 50.2 Å². The molecule has 30 heavy (non-hydrogen) atoms. The summed E-state index contributed by atoms with van der Waals surface area (Å²) in [6, 6.07) is 19.2. The molecule has 1 N–H and O–H groups in total. The number of hydrogen-bond donors (Lipinski definition) is 1. The number of amides is 1. The zero-order valence-corrected chi connectivity index (χ0v) is 16.8. The maximum atomic E-state index is 13.4. The summed E-state index contributed by atoms with van der Waals surface area (Å²) in [6.07, 6.45) is 1.68. The Morgan fingerprint density at radius 2 is 1.80 bits per heavy atom. The van der Waals surface area contributed by atoms with E-state index in [4.69, 9.17) is 0 Å². The normalized spacial score (nSPS) is 10.8. The second-order valence-corrected chi connectivity index (χ2v) is 7.11. The molecule has 0 aliphatic carbocycles. The third-order valence-electron chi connectivity index (χ3n) is 4.97. The Bertz CT molecular complexity index is 1180. The molecule has 0 saturated heterocycles. The Kier molecular flexibility index (Phi) is 5.39. The lowest BCUT2D eigenvalue weighted by Gasteiger charge is -2.08. The number of carbonyl (C=O) groups excluding carboxylic acids is 1. The summed E-state index contributed by atoms with van der Waals surface area (Å²) in [4.78, 5) is 17.2. The molecule has 150 valence electrons. The van der Waals surface area contributed by atoms with Gasteiger partial charge in [-0.25, -0.2) is 9.07 Å². The number of benzene rings is 2. The van der Waals surface area contributed by atoms with E-state index in [2.05, 4.69) is 15.4 Å². The van der Waals surface area contributed by atoms with Gasteiger partial charge in [0, 0.05) is 11.8 Å². The number of hydrogen-bond acceptors (Lipinski definition) is 3. The van der Waals surface area contributed by atoms with E-state index >= 15 is 0 Å². The molecule has 0 unspecified atom stereocenters. The maximum absolute atomic E-state index is 13.4. The first kappa shape index (κ1) is 19.5. The molecule has 2 heterocycles. The summed E-state index contributed by atoms with van der Waals surface area (Å²) in [7, 11) is 0. The van der Waals surface area contributed by atoms with Crippen molar-refractivity contribution in [2.75, 3.05) is 0 Å². The molecule has 0 atom stereocenters. The lowest BCUT2D eigenvalue weighted by atomic mass is 10.0. The van der Waals surface area contributed by atoms with Crippen molar-refractivity contribution in [2.24, 2.45) is 0 Å². The first-order chi connectivity index (χ1) is 14.5. The first-order valence-corrected chi connectivity index (χ1v) is 9.63. The summed E-state index contributed by atoms with van der Waals surface area (Å²) in [5.41, 5.74) is 5.64. The SMILES string of the molecule is Cc1ccc(-c2cc(C(=O)NCc3ccccn3)n(-c3ccc(F)cc3)n2)cc1C. The number of aryl methyl sites for hydroxylation is 2. The highest BCUT2D eigenvalue weighted by Gasteiger charge is 2.18. The molecule has 0 saturated carbocycles. The largest absolute Gasteiger partial charge is 0.345 e. The third kappa shape index (κ3) is 4.12. The molecule has 2 aromatic carbocycles. The van der Waals surface area contributed by atoms with E-state index in [1.54, 1.807) is 24.4 Å². The van der Waals surface area contributed by atoms with Gasteiger partial charge in [-0.3, -0.25) is 9.78 Å². The fourth-order valence-corrected chi connectivity index (χ4v) is 3.13. The fraction of sp³-hybridized carbons (Fsp3) is 0.125. The first-order valence-electron chi connectivity index (χ1n) is 9.63. The number of aromatic nitrogens is 3. The van der Waals surface area contributed by atoms with Gasteiger partial charge < -0.3 is 5.32 Å². The monoisotopic (exact) mass is 400 g/mol. The van der Waals surface area contributed by atoms with E-state index in [-0.39, 0.29) is 11.7 Å². The number of pyridine rings is 1. The Balaban J connectivity index is 1.71. The summed E-state index contributed by atoms with van der Waals surface area (Å²) in [5.74, 6) is -0.631. The van der Waals surface area contributed by atoms with Crippen molar-refractivity contribution < 1.29 is 9.18 Å². The highest BCUT2D eigenvalue weighted by atomic mass is 19.1. The van der Waals surface area contributed by atoms with Crippen LogP contribution >= 0.6 is 0 Å². The van der Waals surface area contributed by atoms with Gasteiger partial charge in [-0.05, 0) is 73.5 Å². The quantitative estimate of drug-likeness (QED) is 0.532. The van der Waals surface area contributed by atoms with Crippen LogP contribution in [0.15, 0.2) is 72.9 Å². The average molecular weight is 400 g/mol. The van der Waals surface area contributed by atoms with Gasteiger partial charge in [0.05, 0.1) is 23.6 Å². The second-order valence-electron chi connectivity index (χ2n) is 7.11. The summed E-state index contributed by atoms with van der Waals surface area (Å²) in [5, 5.41) is 7.53. The maximum Gasteiger partial charge on any atom is 0.270 e. The summed E-state index contributed by atoms with van der Waals surface area (Å²) in [6.45, 7) is 4.39. The molecular weight excluding hydrogens is 379 g/mol. The molecule has 0 aliphatic rings. The number of nitrogens with one attached hydrogen (secondary N) is 1. The number of rotatable bonds is 5. The van der Waals surface area contributed by atoms with Crippen LogP contribution in [0.4, 0.5) is 4.39 Å².